The van der Waals surface area contributed by atoms with Crippen LogP contribution in [0.2, 0.25) is 0 Å². The zero-order valence-corrected chi connectivity index (χ0v) is 13.3. The quantitative estimate of drug-likeness (QED) is 0.581. The summed E-state index contributed by atoms with van der Waals surface area (Å²) >= 11 is 0. The highest BCUT2D eigenvalue weighted by Gasteiger charge is 2.35. The summed E-state index contributed by atoms with van der Waals surface area (Å²) < 4.78 is 7.07. The third kappa shape index (κ3) is 2.90. The predicted molar refractivity (Wildman–Crippen MR) is 83.2 cm³/mol. The first-order valence-corrected chi connectivity index (χ1v) is 7.62. The number of ether oxygens (including phenoxy) is 1. The molecule has 1 fully saturated rings. The van der Waals surface area contributed by atoms with E-state index in [1.807, 2.05) is 0 Å². The molecule has 1 amide bonds. The minimum Gasteiger partial charge on any atom is -0.394 e. The van der Waals surface area contributed by atoms with E-state index >= 15 is 0 Å². The summed E-state index contributed by atoms with van der Waals surface area (Å²) in [5, 5.41) is 21.6. The average Bonchev–Trinajstić information content (AvgIpc) is 3.10. The highest BCUT2D eigenvalue weighted by molar-refractivity contribution is 5.91. The van der Waals surface area contributed by atoms with E-state index in [2.05, 4.69) is 20.3 Å². The van der Waals surface area contributed by atoms with Gasteiger partial charge in [0.1, 0.15) is 12.3 Å². The molecule has 2 aromatic heterocycles. The van der Waals surface area contributed by atoms with Crippen LogP contribution < -0.4 is 10.9 Å². The lowest BCUT2D eigenvalue weighted by Gasteiger charge is -2.14. The van der Waals surface area contributed by atoms with Crippen LogP contribution in [-0.2, 0) is 9.53 Å². The van der Waals surface area contributed by atoms with Crippen LogP contribution in [0.5, 0.6) is 0 Å². The number of aliphatic hydroxyl groups is 2. The first-order chi connectivity index (χ1) is 11.4. The summed E-state index contributed by atoms with van der Waals surface area (Å²) in [5.41, 5.74) is -0.160. The van der Waals surface area contributed by atoms with Gasteiger partial charge in [-0.05, 0) is 0 Å². The number of fused-ring (bicyclic) bond motifs is 1. The summed E-state index contributed by atoms with van der Waals surface area (Å²) in [6, 6.07) is 0. The normalized spacial score (nSPS) is 24.0. The summed E-state index contributed by atoms with van der Waals surface area (Å²) in [6.07, 6.45) is -0.504. The van der Waals surface area contributed by atoms with Gasteiger partial charge in [0.2, 0.25) is 11.9 Å². The Kier molecular flexibility index (Phi) is 4.35. The van der Waals surface area contributed by atoms with E-state index in [1.54, 1.807) is 13.8 Å². The molecule has 0 aliphatic carbocycles. The Hall–Kier alpha value is -2.30. The van der Waals surface area contributed by atoms with Crippen LogP contribution >= 0.6 is 0 Å². The lowest BCUT2D eigenvalue weighted by molar-refractivity contribution is -0.118. The third-order valence-electron chi connectivity index (χ3n) is 3.89. The second-order valence-corrected chi connectivity index (χ2v) is 6.00. The van der Waals surface area contributed by atoms with Crippen LogP contribution in [0.15, 0.2) is 11.1 Å². The van der Waals surface area contributed by atoms with Gasteiger partial charge in [0, 0.05) is 12.3 Å². The Labute approximate surface area is 136 Å². The van der Waals surface area contributed by atoms with Gasteiger partial charge in [-0.1, -0.05) is 13.8 Å². The number of aromatic amines is 1. The molecule has 3 heterocycles. The Morgan fingerprint density at radius 3 is 2.96 bits per heavy atom. The van der Waals surface area contributed by atoms with Crippen molar-refractivity contribution in [1.29, 1.82) is 0 Å². The van der Waals surface area contributed by atoms with E-state index in [1.165, 1.54) is 10.9 Å². The highest BCUT2D eigenvalue weighted by atomic mass is 16.5. The molecule has 4 N–H and O–H groups in total. The maximum atomic E-state index is 12.1. The molecule has 3 rings (SSSR count). The summed E-state index contributed by atoms with van der Waals surface area (Å²) in [6.45, 7) is 3.13. The molecule has 130 valence electrons. The molecule has 0 saturated carbocycles. The SMILES string of the molecule is CC(C)C(=O)Nc1nc2c(ncn2[C@@H]2C[C@H](O)[C@@H](CO)O2)c(=O)[nH]1. The molecular formula is C14H19N5O5. The van der Waals surface area contributed by atoms with Crippen molar-refractivity contribution in [1.82, 2.24) is 19.5 Å². The summed E-state index contributed by atoms with van der Waals surface area (Å²) in [4.78, 5) is 34.6. The van der Waals surface area contributed by atoms with E-state index in [4.69, 9.17) is 4.74 Å². The molecule has 1 saturated heterocycles. The number of amides is 1. The van der Waals surface area contributed by atoms with Crippen LogP contribution in [0.4, 0.5) is 5.95 Å². The zero-order valence-electron chi connectivity index (χ0n) is 13.3. The number of anilines is 1. The van der Waals surface area contributed by atoms with E-state index in [0.29, 0.717) is 0 Å². The van der Waals surface area contributed by atoms with Gasteiger partial charge in [0.05, 0.1) is 19.0 Å². The van der Waals surface area contributed by atoms with Gasteiger partial charge in [-0.25, -0.2) is 4.98 Å². The van der Waals surface area contributed by atoms with Gasteiger partial charge >= 0.3 is 0 Å². The molecular weight excluding hydrogens is 318 g/mol. The molecule has 0 bridgehead atoms. The van der Waals surface area contributed by atoms with Crippen LogP contribution in [0.1, 0.15) is 26.5 Å². The first kappa shape index (κ1) is 16.6. The van der Waals surface area contributed by atoms with Gasteiger partial charge in [0.25, 0.3) is 5.56 Å². The molecule has 24 heavy (non-hydrogen) atoms. The van der Waals surface area contributed by atoms with Crippen molar-refractivity contribution in [2.75, 3.05) is 11.9 Å². The van der Waals surface area contributed by atoms with Crippen molar-refractivity contribution < 1.29 is 19.7 Å². The van der Waals surface area contributed by atoms with Crippen LogP contribution in [0.25, 0.3) is 11.2 Å². The number of carbonyl (C=O) groups is 1. The number of aromatic nitrogens is 4. The summed E-state index contributed by atoms with van der Waals surface area (Å²) in [7, 11) is 0. The maximum Gasteiger partial charge on any atom is 0.280 e. The number of nitrogens with zero attached hydrogens (tertiary/aromatic N) is 3. The van der Waals surface area contributed by atoms with Gasteiger partial charge in [-0.3, -0.25) is 24.5 Å². The fraction of sp³-hybridized carbons (Fsp3) is 0.571. The van der Waals surface area contributed by atoms with Crippen molar-refractivity contribution >= 4 is 23.0 Å². The molecule has 10 nitrogen and oxygen atoms in total. The first-order valence-electron chi connectivity index (χ1n) is 7.62. The molecule has 0 spiro atoms. The van der Waals surface area contributed by atoms with E-state index < -0.39 is 24.0 Å². The van der Waals surface area contributed by atoms with Gasteiger partial charge in [0.15, 0.2) is 11.2 Å². The fourth-order valence-electron chi connectivity index (χ4n) is 2.51. The van der Waals surface area contributed by atoms with Crippen LogP contribution in [-0.4, -0.2) is 54.5 Å². The van der Waals surface area contributed by atoms with E-state index in [0.717, 1.165) is 0 Å². The molecule has 2 aromatic rings. The Bertz CT molecular complexity index is 813. The molecule has 0 unspecified atom stereocenters. The smallest absolute Gasteiger partial charge is 0.280 e. The van der Waals surface area contributed by atoms with Crippen molar-refractivity contribution in [2.24, 2.45) is 5.92 Å². The molecule has 0 radical (unpaired) electrons. The van der Waals surface area contributed by atoms with Gasteiger partial charge in [-0.2, -0.15) is 4.98 Å². The monoisotopic (exact) mass is 337 g/mol. The molecule has 1 aliphatic heterocycles. The lowest BCUT2D eigenvalue weighted by atomic mass is 10.2. The molecule has 1 aliphatic rings. The number of aliphatic hydroxyl groups excluding tert-OH is 2. The maximum absolute atomic E-state index is 12.1. The fourth-order valence-corrected chi connectivity index (χ4v) is 2.51. The molecule has 3 atom stereocenters. The second-order valence-electron chi connectivity index (χ2n) is 6.00. The number of hydrogen-bond acceptors (Lipinski definition) is 7. The van der Waals surface area contributed by atoms with Gasteiger partial charge in [-0.15, -0.1) is 0 Å². The Morgan fingerprint density at radius 1 is 1.58 bits per heavy atom. The number of H-pyrrole nitrogens is 1. The Morgan fingerprint density at radius 2 is 2.33 bits per heavy atom. The van der Waals surface area contributed by atoms with Crippen molar-refractivity contribution in [3.8, 4) is 0 Å². The zero-order chi connectivity index (χ0) is 17.4. The van der Waals surface area contributed by atoms with Crippen LogP contribution in [0.3, 0.4) is 0 Å². The number of imidazole rings is 1. The lowest BCUT2D eigenvalue weighted by Crippen LogP contribution is -2.24. The standard InChI is InChI=1S/C14H19N5O5/c1-6(2)12(22)17-14-16-11-10(13(23)18-14)15-5-19(11)9-3-7(21)8(4-20)24-9/h5-9,20-21H,3-4H2,1-2H3,(H2,16,17,18,22,23)/t7-,8+,9-/m0/s1. The average molecular weight is 337 g/mol. The minimum absolute atomic E-state index is 0.0187. The molecule has 0 aromatic carbocycles. The number of rotatable bonds is 4. The van der Waals surface area contributed by atoms with Crippen LogP contribution in [0, 0.1) is 5.92 Å². The Balaban J connectivity index is 1.97. The third-order valence-corrected chi connectivity index (χ3v) is 3.89. The number of carbonyl (C=O) groups excluding carboxylic acids is 1. The summed E-state index contributed by atoms with van der Waals surface area (Å²) in [5.74, 6) is -0.531. The van der Waals surface area contributed by atoms with Crippen molar-refractivity contribution in [3.63, 3.8) is 0 Å². The van der Waals surface area contributed by atoms with Gasteiger partial charge < -0.3 is 14.9 Å². The largest absolute Gasteiger partial charge is 0.394 e. The van der Waals surface area contributed by atoms with Crippen molar-refractivity contribution in [2.45, 2.75) is 38.7 Å². The van der Waals surface area contributed by atoms with E-state index in [-0.39, 0.29) is 42.0 Å². The van der Waals surface area contributed by atoms with Crippen molar-refractivity contribution in [3.05, 3.63) is 16.7 Å². The highest BCUT2D eigenvalue weighted by Crippen LogP contribution is 2.30. The molecule has 10 heteroatoms. The second kappa shape index (κ2) is 6.30. The number of nitrogens with one attached hydrogen (secondary N) is 2. The topological polar surface area (TPSA) is 142 Å². The minimum atomic E-state index is -0.820. The predicted octanol–water partition coefficient (Wildman–Crippen LogP) is -0.645. The van der Waals surface area contributed by atoms with E-state index in [9.17, 15) is 19.8 Å². The number of hydrogen-bond donors (Lipinski definition) is 4.